The van der Waals surface area contributed by atoms with Crippen LogP contribution in [0.25, 0.3) is 0 Å². The van der Waals surface area contributed by atoms with E-state index in [1.807, 2.05) is 0 Å². The highest BCUT2D eigenvalue weighted by atomic mass is 16.3. The number of rotatable bonds is 5. The van der Waals surface area contributed by atoms with Gasteiger partial charge in [0.05, 0.1) is 12.6 Å². The zero-order valence-electron chi connectivity index (χ0n) is 13.7. The zero-order valence-corrected chi connectivity index (χ0v) is 13.7. The minimum absolute atomic E-state index is 0.00796. The lowest BCUT2D eigenvalue weighted by atomic mass is 10.00. The summed E-state index contributed by atoms with van der Waals surface area (Å²) in [6.45, 7) is 4.66. The lowest BCUT2D eigenvalue weighted by Gasteiger charge is -2.29. The van der Waals surface area contributed by atoms with Gasteiger partial charge in [-0.1, -0.05) is 24.3 Å². The Labute approximate surface area is 138 Å². The summed E-state index contributed by atoms with van der Waals surface area (Å²) in [4.78, 5) is 16.4. The minimum atomic E-state index is -0.0226. The molecule has 1 atom stereocenters. The molecule has 0 aromatic heterocycles. The average molecular weight is 317 g/mol. The molecular formula is C18H27N3O2. The molecule has 1 saturated heterocycles. The fourth-order valence-electron chi connectivity index (χ4n) is 3.64. The summed E-state index contributed by atoms with van der Waals surface area (Å²) in [6, 6.07) is 8.64. The van der Waals surface area contributed by atoms with Gasteiger partial charge in [0.25, 0.3) is 0 Å². The van der Waals surface area contributed by atoms with Gasteiger partial charge < -0.3 is 15.3 Å². The topological polar surface area (TPSA) is 55.8 Å². The monoisotopic (exact) mass is 317 g/mol. The summed E-state index contributed by atoms with van der Waals surface area (Å²) in [6.07, 6.45) is 3.99. The second-order valence-electron chi connectivity index (χ2n) is 6.55. The lowest BCUT2D eigenvalue weighted by Crippen LogP contribution is -2.44. The van der Waals surface area contributed by atoms with E-state index in [1.165, 1.54) is 11.1 Å². The summed E-state index contributed by atoms with van der Waals surface area (Å²) in [5, 5.41) is 12.3. The highest BCUT2D eigenvalue weighted by Crippen LogP contribution is 2.18. The van der Waals surface area contributed by atoms with Crippen molar-refractivity contribution in [2.45, 2.75) is 38.3 Å². The maximum atomic E-state index is 12.1. The number of urea groups is 1. The number of fused-ring (bicyclic) bond motifs is 1. The third-order valence-corrected chi connectivity index (χ3v) is 4.99. The molecular weight excluding hydrogens is 290 g/mol. The fourth-order valence-corrected chi connectivity index (χ4v) is 3.64. The number of hydrogen-bond acceptors (Lipinski definition) is 3. The Morgan fingerprint density at radius 1 is 1.26 bits per heavy atom. The molecule has 2 aliphatic rings. The van der Waals surface area contributed by atoms with Crippen LogP contribution >= 0.6 is 0 Å². The lowest BCUT2D eigenvalue weighted by molar-refractivity contribution is 0.156. The molecule has 126 valence electrons. The first-order valence-corrected chi connectivity index (χ1v) is 8.72. The molecule has 1 aromatic carbocycles. The molecule has 0 saturated carbocycles. The number of benzene rings is 1. The zero-order chi connectivity index (χ0) is 16.1. The van der Waals surface area contributed by atoms with Gasteiger partial charge in [-0.2, -0.15) is 0 Å². The van der Waals surface area contributed by atoms with Gasteiger partial charge in [-0.3, -0.25) is 4.90 Å². The fraction of sp³-hybridized carbons (Fsp3) is 0.611. The Hall–Kier alpha value is -1.59. The van der Waals surface area contributed by atoms with Crippen LogP contribution in [0, 0.1) is 0 Å². The Balaban J connectivity index is 1.37. The van der Waals surface area contributed by atoms with Crippen LogP contribution in [-0.2, 0) is 13.0 Å². The minimum Gasteiger partial charge on any atom is -0.394 e. The molecule has 2 N–H and O–H groups in total. The molecule has 2 aliphatic heterocycles. The summed E-state index contributed by atoms with van der Waals surface area (Å²) < 4.78 is 0. The number of hydrogen-bond donors (Lipinski definition) is 2. The Bertz CT molecular complexity index is 535. The maximum Gasteiger partial charge on any atom is 0.317 e. The summed E-state index contributed by atoms with van der Waals surface area (Å²) >= 11 is 0. The van der Waals surface area contributed by atoms with Gasteiger partial charge in [0.2, 0.25) is 0 Å². The van der Waals surface area contributed by atoms with E-state index < -0.39 is 0 Å². The molecule has 1 aromatic rings. The second kappa shape index (κ2) is 7.79. The van der Waals surface area contributed by atoms with Crippen LogP contribution in [-0.4, -0.2) is 59.8 Å². The molecule has 2 heterocycles. The average Bonchev–Trinajstić information content (AvgIpc) is 3.07. The van der Waals surface area contributed by atoms with E-state index in [0.29, 0.717) is 6.54 Å². The van der Waals surface area contributed by atoms with Crippen LogP contribution in [0.5, 0.6) is 0 Å². The van der Waals surface area contributed by atoms with Crippen molar-refractivity contribution in [2.24, 2.45) is 0 Å². The van der Waals surface area contributed by atoms with E-state index in [2.05, 4.69) is 34.5 Å². The molecule has 3 rings (SSSR count). The van der Waals surface area contributed by atoms with Crippen LogP contribution in [0.15, 0.2) is 24.3 Å². The van der Waals surface area contributed by atoms with E-state index in [0.717, 1.165) is 51.9 Å². The van der Waals surface area contributed by atoms with E-state index in [4.69, 9.17) is 0 Å². The predicted molar refractivity (Wildman–Crippen MR) is 90.3 cm³/mol. The van der Waals surface area contributed by atoms with E-state index in [9.17, 15) is 9.90 Å². The molecule has 1 unspecified atom stereocenters. The molecule has 0 radical (unpaired) electrons. The van der Waals surface area contributed by atoms with Crippen molar-refractivity contribution in [1.29, 1.82) is 0 Å². The van der Waals surface area contributed by atoms with Gasteiger partial charge in [-0.05, 0) is 36.8 Å². The van der Waals surface area contributed by atoms with E-state index >= 15 is 0 Å². The molecule has 0 spiro atoms. The Kier molecular flexibility index (Phi) is 5.51. The second-order valence-corrected chi connectivity index (χ2v) is 6.55. The van der Waals surface area contributed by atoms with Gasteiger partial charge in [-0.25, -0.2) is 4.79 Å². The number of nitrogens with one attached hydrogen (secondary N) is 1. The van der Waals surface area contributed by atoms with Gasteiger partial charge in [0.15, 0.2) is 0 Å². The van der Waals surface area contributed by atoms with Crippen LogP contribution in [0.3, 0.4) is 0 Å². The standard InChI is InChI=1S/C18H27N3O2/c22-14-17-7-3-11-21(17)18(23)19-9-4-10-20-12-8-15-5-1-2-6-16(15)13-20/h1-2,5-6,17,22H,3-4,7-14H2,(H,19,23). The van der Waals surface area contributed by atoms with Crippen LogP contribution < -0.4 is 5.32 Å². The summed E-state index contributed by atoms with van der Waals surface area (Å²) in [5.41, 5.74) is 2.91. The van der Waals surface area contributed by atoms with Crippen molar-refractivity contribution < 1.29 is 9.90 Å². The van der Waals surface area contributed by atoms with Crippen LogP contribution in [0.2, 0.25) is 0 Å². The third-order valence-electron chi connectivity index (χ3n) is 4.99. The molecule has 0 aliphatic carbocycles. The molecule has 2 amide bonds. The third kappa shape index (κ3) is 4.03. The van der Waals surface area contributed by atoms with Crippen molar-refractivity contribution in [2.75, 3.05) is 32.8 Å². The van der Waals surface area contributed by atoms with Crippen molar-refractivity contribution in [3.05, 3.63) is 35.4 Å². The molecule has 5 heteroatoms. The van der Waals surface area contributed by atoms with Crippen LogP contribution in [0.4, 0.5) is 4.79 Å². The summed E-state index contributed by atoms with van der Waals surface area (Å²) in [7, 11) is 0. The Morgan fingerprint density at radius 2 is 2.09 bits per heavy atom. The number of aliphatic hydroxyl groups excluding tert-OH is 1. The van der Waals surface area contributed by atoms with Crippen LogP contribution in [0.1, 0.15) is 30.4 Å². The molecule has 0 bridgehead atoms. The number of amides is 2. The highest BCUT2D eigenvalue weighted by Gasteiger charge is 2.27. The van der Waals surface area contributed by atoms with Crippen molar-refractivity contribution in [1.82, 2.24) is 15.1 Å². The number of nitrogens with zero attached hydrogens (tertiary/aromatic N) is 2. The number of carbonyl (C=O) groups is 1. The van der Waals surface area contributed by atoms with Gasteiger partial charge in [-0.15, -0.1) is 0 Å². The first-order valence-electron chi connectivity index (χ1n) is 8.72. The largest absolute Gasteiger partial charge is 0.394 e. The van der Waals surface area contributed by atoms with Crippen molar-refractivity contribution in [3.8, 4) is 0 Å². The maximum absolute atomic E-state index is 12.1. The van der Waals surface area contributed by atoms with E-state index in [1.54, 1.807) is 4.90 Å². The first-order chi connectivity index (χ1) is 11.3. The smallest absolute Gasteiger partial charge is 0.317 e. The highest BCUT2D eigenvalue weighted by molar-refractivity contribution is 5.74. The predicted octanol–water partition coefficient (Wildman–Crippen LogP) is 1.60. The molecule has 23 heavy (non-hydrogen) atoms. The first kappa shape index (κ1) is 16.3. The van der Waals surface area contributed by atoms with Crippen molar-refractivity contribution >= 4 is 6.03 Å². The summed E-state index contributed by atoms with van der Waals surface area (Å²) in [5.74, 6) is 0. The normalized spacial score (nSPS) is 21.3. The quantitative estimate of drug-likeness (QED) is 0.811. The Morgan fingerprint density at radius 3 is 2.91 bits per heavy atom. The van der Waals surface area contributed by atoms with Gasteiger partial charge in [0.1, 0.15) is 0 Å². The van der Waals surface area contributed by atoms with Gasteiger partial charge in [0, 0.05) is 32.7 Å². The van der Waals surface area contributed by atoms with Crippen molar-refractivity contribution in [3.63, 3.8) is 0 Å². The van der Waals surface area contributed by atoms with E-state index in [-0.39, 0.29) is 18.7 Å². The number of aliphatic hydroxyl groups is 1. The SMILES string of the molecule is O=C(NCCCN1CCc2ccccc2C1)N1CCCC1CO. The molecule has 5 nitrogen and oxygen atoms in total. The van der Waals surface area contributed by atoms with Gasteiger partial charge >= 0.3 is 6.03 Å². The number of likely N-dealkylation sites (tertiary alicyclic amines) is 1. The number of carbonyl (C=O) groups excluding carboxylic acids is 1. The molecule has 1 fully saturated rings.